The van der Waals surface area contributed by atoms with Gasteiger partial charge in [-0.15, -0.1) is 16.4 Å². The summed E-state index contributed by atoms with van der Waals surface area (Å²) in [5.74, 6) is 0.866. The van der Waals surface area contributed by atoms with Gasteiger partial charge in [0.25, 0.3) is 0 Å². The molecule has 0 bridgehead atoms. The lowest BCUT2D eigenvalue weighted by Crippen LogP contribution is -2.04. The van der Waals surface area contributed by atoms with Gasteiger partial charge in [-0.25, -0.2) is 9.97 Å². The van der Waals surface area contributed by atoms with Crippen LogP contribution in [0.4, 0.5) is 0 Å². The van der Waals surface area contributed by atoms with Crippen LogP contribution in [0.2, 0.25) is 0 Å². The van der Waals surface area contributed by atoms with E-state index < -0.39 is 0 Å². The van der Waals surface area contributed by atoms with Crippen molar-refractivity contribution in [1.29, 1.82) is 0 Å². The zero-order valence-electron chi connectivity index (χ0n) is 13.7. The normalized spacial score (nSPS) is 14.4. The fraction of sp³-hybridized carbons (Fsp3) is 0.333. The summed E-state index contributed by atoms with van der Waals surface area (Å²) in [6, 6.07) is 4.24. The number of aromatic nitrogens is 5. The first kappa shape index (κ1) is 14.0. The van der Waals surface area contributed by atoms with Crippen LogP contribution in [0.1, 0.15) is 34.4 Å². The smallest absolute Gasteiger partial charge is 0.168 e. The molecule has 6 heteroatoms. The molecule has 0 spiro atoms. The van der Waals surface area contributed by atoms with Gasteiger partial charge in [0.1, 0.15) is 16.7 Å². The first-order valence-corrected chi connectivity index (χ1v) is 9.12. The van der Waals surface area contributed by atoms with Crippen molar-refractivity contribution in [1.82, 2.24) is 25.0 Å². The van der Waals surface area contributed by atoms with Crippen LogP contribution < -0.4 is 0 Å². The van der Waals surface area contributed by atoms with Crippen LogP contribution in [0.5, 0.6) is 0 Å². The highest BCUT2D eigenvalue weighted by Gasteiger charge is 2.22. The van der Waals surface area contributed by atoms with E-state index in [2.05, 4.69) is 46.3 Å². The lowest BCUT2D eigenvalue weighted by Gasteiger charge is -2.11. The van der Waals surface area contributed by atoms with Gasteiger partial charge in [-0.2, -0.15) is 4.68 Å². The molecule has 120 valence electrons. The SMILES string of the molecule is Cc1cc2nnn(-c3ncnc4sc5c(c34)CCCC5)c2cc1C. The van der Waals surface area contributed by atoms with E-state index in [4.69, 9.17) is 0 Å². The van der Waals surface area contributed by atoms with Crippen molar-refractivity contribution in [3.63, 3.8) is 0 Å². The molecule has 5 nitrogen and oxygen atoms in total. The Labute approximate surface area is 143 Å². The predicted molar refractivity (Wildman–Crippen MR) is 96.0 cm³/mol. The van der Waals surface area contributed by atoms with Gasteiger partial charge in [0.15, 0.2) is 5.82 Å². The van der Waals surface area contributed by atoms with Crippen LogP contribution in [-0.4, -0.2) is 25.0 Å². The Morgan fingerprint density at radius 2 is 1.88 bits per heavy atom. The summed E-state index contributed by atoms with van der Waals surface area (Å²) in [5.41, 5.74) is 5.81. The Balaban J connectivity index is 1.84. The van der Waals surface area contributed by atoms with Crippen molar-refractivity contribution in [3.8, 4) is 5.82 Å². The standard InChI is InChI=1S/C18H17N5S/c1-10-7-13-14(8-11(10)2)23(22-21-13)17-16-12-5-3-4-6-15(12)24-18(16)20-9-19-17/h7-9H,3-6H2,1-2H3. The van der Waals surface area contributed by atoms with E-state index in [1.165, 1.54) is 39.8 Å². The molecule has 0 saturated heterocycles. The number of hydrogen-bond acceptors (Lipinski definition) is 5. The molecule has 24 heavy (non-hydrogen) atoms. The third-order valence-corrected chi connectivity index (χ3v) is 6.19. The molecule has 0 aliphatic heterocycles. The van der Waals surface area contributed by atoms with Gasteiger partial charge in [0.05, 0.1) is 10.9 Å². The lowest BCUT2D eigenvalue weighted by atomic mass is 9.97. The second-order valence-electron chi connectivity index (χ2n) is 6.51. The van der Waals surface area contributed by atoms with Crippen molar-refractivity contribution < 1.29 is 0 Å². The third kappa shape index (κ3) is 1.92. The van der Waals surface area contributed by atoms with Crippen LogP contribution in [0.3, 0.4) is 0 Å². The van der Waals surface area contributed by atoms with E-state index in [0.717, 1.165) is 34.5 Å². The maximum absolute atomic E-state index is 4.59. The zero-order valence-corrected chi connectivity index (χ0v) is 14.5. The minimum Gasteiger partial charge on any atom is -0.225 e. The fourth-order valence-electron chi connectivity index (χ4n) is 3.57. The van der Waals surface area contributed by atoms with Crippen molar-refractivity contribution in [2.45, 2.75) is 39.5 Å². The molecular weight excluding hydrogens is 318 g/mol. The van der Waals surface area contributed by atoms with Crippen LogP contribution in [-0.2, 0) is 12.8 Å². The van der Waals surface area contributed by atoms with E-state index in [9.17, 15) is 0 Å². The van der Waals surface area contributed by atoms with Crippen LogP contribution in [0, 0.1) is 13.8 Å². The molecule has 0 radical (unpaired) electrons. The number of hydrogen-bond donors (Lipinski definition) is 0. The number of rotatable bonds is 1. The second kappa shape index (κ2) is 5.08. The topological polar surface area (TPSA) is 56.5 Å². The Bertz CT molecular complexity index is 1090. The average Bonchev–Trinajstić information content (AvgIpc) is 3.16. The number of thiophene rings is 1. The Morgan fingerprint density at radius 3 is 2.79 bits per heavy atom. The Kier molecular flexibility index (Phi) is 2.97. The minimum atomic E-state index is 0.866. The van der Waals surface area contributed by atoms with Gasteiger partial charge >= 0.3 is 0 Å². The Hall–Kier alpha value is -2.34. The van der Waals surface area contributed by atoms with Crippen molar-refractivity contribution >= 4 is 32.6 Å². The van der Waals surface area contributed by atoms with Gasteiger partial charge < -0.3 is 0 Å². The van der Waals surface area contributed by atoms with Gasteiger partial charge in [-0.05, 0) is 68.4 Å². The molecule has 0 saturated carbocycles. The summed E-state index contributed by atoms with van der Waals surface area (Å²) in [6.45, 7) is 4.22. The van der Waals surface area contributed by atoms with Crippen molar-refractivity contribution in [2.75, 3.05) is 0 Å². The van der Waals surface area contributed by atoms with Crippen LogP contribution in [0.25, 0.3) is 27.1 Å². The molecule has 5 rings (SSSR count). The maximum atomic E-state index is 4.59. The Morgan fingerprint density at radius 1 is 1.04 bits per heavy atom. The largest absolute Gasteiger partial charge is 0.225 e. The van der Waals surface area contributed by atoms with Crippen molar-refractivity contribution in [3.05, 3.63) is 40.0 Å². The summed E-state index contributed by atoms with van der Waals surface area (Å²) in [7, 11) is 0. The molecule has 1 aromatic carbocycles. The highest BCUT2D eigenvalue weighted by atomic mass is 32.1. The first-order valence-electron chi connectivity index (χ1n) is 8.30. The molecule has 0 fully saturated rings. The molecular formula is C18H17N5S. The molecule has 1 aliphatic rings. The molecule has 4 aromatic rings. The monoisotopic (exact) mass is 335 g/mol. The molecule has 1 aliphatic carbocycles. The maximum Gasteiger partial charge on any atom is 0.168 e. The van der Waals surface area contributed by atoms with Crippen molar-refractivity contribution in [2.24, 2.45) is 0 Å². The molecule has 0 unspecified atom stereocenters. The van der Waals surface area contributed by atoms with E-state index in [-0.39, 0.29) is 0 Å². The number of fused-ring (bicyclic) bond motifs is 4. The highest BCUT2D eigenvalue weighted by Crippen LogP contribution is 2.37. The lowest BCUT2D eigenvalue weighted by molar-refractivity contribution is 0.699. The molecule has 3 aromatic heterocycles. The summed E-state index contributed by atoms with van der Waals surface area (Å²) < 4.78 is 1.88. The quantitative estimate of drug-likeness (QED) is 0.529. The predicted octanol–water partition coefficient (Wildman–Crippen LogP) is 3.92. The van der Waals surface area contributed by atoms with Gasteiger partial charge in [-0.1, -0.05) is 5.21 Å². The fourth-order valence-corrected chi connectivity index (χ4v) is 4.79. The average molecular weight is 335 g/mol. The van der Waals surface area contributed by atoms with Gasteiger partial charge in [-0.3, -0.25) is 0 Å². The van der Waals surface area contributed by atoms with E-state index in [1.807, 2.05) is 16.0 Å². The van der Waals surface area contributed by atoms with Gasteiger partial charge in [0.2, 0.25) is 0 Å². The number of nitrogens with zero attached hydrogens (tertiary/aromatic N) is 5. The van der Waals surface area contributed by atoms with Gasteiger partial charge in [0, 0.05) is 4.88 Å². The molecule has 0 N–H and O–H groups in total. The third-order valence-electron chi connectivity index (χ3n) is 4.99. The summed E-state index contributed by atoms with van der Waals surface area (Å²) in [5, 5.41) is 9.93. The number of aryl methyl sites for hydroxylation is 4. The zero-order chi connectivity index (χ0) is 16.3. The molecule has 0 amide bonds. The van der Waals surface area contributed by atoms with E-state index in [0.29, 0.717) is 0 Å². The molecule has 0 atom stereocenters. The highest BCUT2D eigenvalue weighted by molar-refractivity contribution is 7.18. The summed E-state index contributed by atoms with van der Waals surface area (Å²) in [4.78, 5) is 11.6. The van der Waals surface area contributed by atoms with Crippen LogP contribution >= 0.6 is 11.3 Å². The van der Waals surface area contributed by atoms with E-state index >= 15 is 0 Å². The van der Waals surface area contributed by atoms with Crippen LogP contribution in [0.15, 0.2) is 18.5 Å². The second-order valence-corrected chi connectivity index (χ2v) is 7.60. The first-order chi connectivity index (χ1) is 11.7. The summed E-state index contributed by atoms with van der Waals surface area (Å²) >= 11 is 1.81. The molecule has 3 heterocycles. The van der Waals surface area contributed by atoms with E-state index in [1.54, 1.807) is 6.33 Å². The minimum absolute atomic E-state index is 0.866. The number of benzene rings is 1. The summed E-state index contributed by atoms with van der Waals surface area (Å²) in [6.07, 6.45) is 6.43.